The van der Waals surface area contributed by atoms with Crippen LogP contribution < -0.4 is 5.32 Å². The van der Waals surface area contributed by atoms with E-state index in [1.165, 1.54) is 6.42 Å². The summed E-state index contributed by atoms with van der Waals surface area (Å²) in [6.45, 7) is 0. The lowest BCUT2D eigenvalue weighted by Crippen LogP contribution is -2.28. The summed E-state index contributed by atoms with van der Waals surface area (Å²) in [6.07, 6.45) is 3.28. The minimum absolute atomic E-state index is 0.117. The first-order valence-corrected chi connectivity index (χ1v) is 6.66. The molecule has 2 fully saturated rings. The van der Waals surface area contributed by atoms with Gasteiger partial charge in [0.15, 0.2) is 5.78 Å². The minimum Gasteiger partial charge on any atom is -0.310 e. The van der Waals surface area contributed by atoms with Gasteiger partial charge in [-0.05, 0) is 37.5 Å². The Morgan fingerprint density at radius 2 is 2.06 bits per heavy atom. The van der Waals surface area contributed by atoms with Gasteiger partial charge >= 0.3 is 0 Å². The van der Waals surface area contributed by atoms with Crippen LogP contribution in [-0.2, 0) is 0 Å². The third-order valence-corrected chi connectivity index (χ3v) is 4.58. The second-order valence-corrected chi connectivity index (χ2v) is 5.70. The molecule has 0 radical (unpaired) electrons. The van der Waals surface area contributed by atoms with Crippen molar-refractivity contribution in [1.82, 2.24) is 5.32 Å². The molecule has 1 aromatic carbocycles. The number of fused-ring (bicyclic) bond motifs is 2. The van der Waals surface area contributed by atoms with Gasteiger partial charge in [0.25, 0.3) is 0 Å². The van der Waals surface area contributed by atoms with Crippen molar-refractivity contribution in [2.75, 3.05) is 0 Å². The quantitative estimate of drug-likeness (QED) is 0.835. The Labute approximate surface area is 110 Å². The Kier molecular flexibility index (Phi) is 2.89. The summed E-state index contributed by atoms with van der Waals surface area (Å²) < 4.78 is 0. The van der Waals surface area contributed by atoms with E-state index in [0.29, 0.717) is 27.7 Å². The van der Waals surface area contributed by atoms with E-state index in [-0.39, 0.29) is 11.7 Å². The summed E-state index contributed by atoms with van der Waals surface area (Å²) in [5.74, 6) is 0.314. The maximum atomic E-state index is 12.4. The third-order valence-electron chi connectivity index (χ3n) is 3.84. The van der Waals surface area contributed by atoms with Crippen LogP contribution >= 0.6 is 23.2 Å². The van der Waals surface area contributed by atoms with Gasteiger partial charge in [0, 0.05) is 23.6 Å². The normalized spacial score (nSPS) is 30.8. The SMILES string of the molecule is O=C(c1ccc(Cl)c(Cl)c1)C1CC2CCC1N2. The number of nitrogens with one attached hydrogen (secondary N) is 1. The van der Waals surface area contributed by atoms with Crippen LogP contribution in [0.1, 0.15) is 29.6 Å². The molecule has 2 bridgehead atoms. The number of ketones is 1. The van der Waals surface area contributed by atoms with Crippen molar-refractivity contribution in [3.8, 4) is 0 Å². The van der Waals surface area contributed by atoms with Gasteiger partial charge in [-0.25, -0.2) is 0 Å². The Hall–Kier alpha value is -0.570. The van der Waals surface area contributed by atoms with E-state index in [4.69, 9.17) is 23.2 Å². The minimum atomic E-state index is 0.117. The Morgan fingerprint density at radius 1 is 1.24 bits per heavy atom. The van der Waals surface area contributed by atoms with Gasteiger partial charge in [-0.2, -0.15) is 0 Å². The molecule has 1 N–H and O–H groups in total. The summed E-state index contributed by atoms with van der Waals surface area (Å²) in [5, 5.41) is 4.42. The van der Waals surface area contributed by atoms with E-state index in [1.807, 2.05) is 0 Å². The topological polar surface area (TPSA) is 29.1 Å². The van der Waals surface area contributed by atoms with Crippen molar-refractivity contribution >= 4 is 29.0 Å². The van der Waals surface area contributed by atoms with E-state index in [9.17, 15) is 4.79 Å². The van der Waals surface area contributed by atoms with Crippen molar-refractivity contribution in [3.63, 3.8) is 0 Å². The summed E-state index contributed by atoms with van der Waals surface area (Å²) in [7, 11) is 0. The summed E-state index contributed by atoms with van der Waals surface area (Å²) in [5.41, 5.74) is 0.679. The molecule has 0 saturated carbocycles. The van der Waals surface area contributed by atoms with Crippen molar-refractivity contribution < 1.29 is 4.79 Å². The maximum Gasteiger partial charge on any atom is 0.167 e. The zero-order valence-corrected chi connectivity index (χ0v) is 10.8. The van der Waals surface area contributed by atoms with Crippen LogP contribution in [0.2, 0.25) is 10.0 Å². The summed E-state index contributed by atoms with van der Waals surface area (Å²) in [4.78, 5) is 12.4. The maximum absolute atomic E-state index is 12.4. The number of carbonyl (C=O) groups is 1. The molecule has 1 aromatic rings. The monoisotopic (exact) mass is 269 g/mol. The summed E-state index contributed by atoms with van der Waals surface area (Å²) >= 11 is 11.8. The lowest BCUT2D eigenvalue weighted by atomic mass is 9.84. The number of benzene rings is 1. The third kappa shape index (κ3) is 1.99. The van der Waals surface area contributed by atoms with Crippen molar-refractivity contribution in [3.05, 3.63) is 33.8 Å². The molecule has 17 heavy (non-hydrogen) atoms. The Bertz CT molecular complexity index is 474. The lowest BCUT2D eigenvalue weighted by molar-refractivity contribution is 0.0901. The average molecular weight is 270 g/mol. The molecule has 2 nitrogen and oxygen atoms in total. The largest absolute Gasteiger partial charge is 0.310 e. The molecule has 0 aromatic heterocycles. The highest BCUT2D eigenvalue weighted by atomic mass is 35.5. The highest BCUT2D eigenvalue weighted by molar-refractivity contribution is 6.42. The van der Waals surface area contributed by atoms with E-state index >= 15 is 0 Å². The van der Waals surface area contributed by atoms with Crippen LogP contribution in [0, 0.1) is 5.92 Å². The van der Waals surface area contributed by atoms with Crippen LogP contribution in [0.5, 0.6) is 0 Å². The van der Waals surface area contributed by atoms with Crippen LogP contribution in [0.4, 0.5) is 0 Å². The smallest absolute Gasteiger partial charge is 0.167 e. The van der Waals surface area contributed by atoms with E-state index in [0.717, 1.165) is 12.8 Å². The number of rotatable bonds is 2. The first kappa shape index (κ1) is 11.5. The number of Topliss-reactive ketones (excluding diaryl/α,β-unsaturated/α-hetero) is 1. The van der Waals surface area contributed by atoms with Crippen LogP contribution in [0.15, 0.2) is 18.2 Å². The number of hydrogen-bond donors (Lipinski definition) is 1. The lowest BCUT2D eigenvalue weighted by Gasteiger charge is -2.18. The van der Waals surface area contributed by atoms with Crippen molar-refractivity contribution in [2.24, 2.45) is 5.92 Å². The molecule has 3 atom stereocenters. The zero-order valence-electron chi connectivity index (χ0n) is 9.25. The highest BCUT2D eigenvalue weighted by Crippen LogP contribution is 2.36. The predicted octanol–water partition coefficient (Wildman–Crippen LogP) is 3.32. The van der Waals surface area contributed by atoms with Crippen LogP contribution in [-0.4, -0.2) is 17.9 Å². The van der Waals surface area contributed by atoms with Gasteiger partial charge in [-0.3, -0.25) is 4.79 Å². The Balaban J connectivity index is 1.84. The fourth-order valence-electron chi connectivity index (χ4n) is 2.98. The molecule has 0 spiro atoms. The van der Waals surface area contributed by atoms with Gasteiger partial charge in [0.2, 0.25) is 0 Å². The fourth-order valence-corrected chi connectivity index (χ4v) is 3.28. The molecule has 0 amide bonds. The van der Waals surface area contributed by atoms with Crippen LogP contribution in [0.25, 0.3) is 0 Å². The molecular formula is C13H13Cl2NO. The molecule has 4 heteroatoms. The van der Waals surface area contributed by atoms with Crippen LogP contribution in [0.3, 0.4) is 0 Å². The molecule has 2 aliphatic rings. The first-order valence-electron chi connectivity index (χ1n) is 5.90. The Morgan fingerprint density at radius 3 is 2.65 bits per heavy atom. The van der Waals surface area contributed by atoms with E-state index in [2.05, 4.69) is 5.32 Å². The molecule has 90 valence electrons. The van der Waals surface area contributed by atoms with Gasteiger partial charge in [0.1, 0.15) is 0 Å². The second kappa shape index (κ2) is 4.27. The van der Waals surface area contributed by atoms with Crippen molar-refractivity contribution in [2.45, 2.75) is 31.3 Å². The van der Waals surface area contributed by atoms with Gasteiger partial charge in [-0.15, -0.1) is 0 Å². The highest BCUT2D eigenvalue weighted by Gasteiger charge is 2.42. The predicted molar refractivity (Wildman–Crippen MR) is 68.8 cm³/mol. The number of halogens is 2. The molecule has 3 unspecified atom stereocenters. The molecule has 3 rings (SSSR count). The van der Waals surface area contributed by atoms with Gasteiger partial charge in [0.05, 0.1) is 10.0 Å². The van der Waals surface area contributed by atoms with Gasteiger partial charge in [-0.1, -0.05) is 23.2 Å². The van der Waals surface area contributed by atoms with Gasteiger partial charge < -0.3 is 5.32 Å². The molecular weight excluding hydrogens is 257 g/mol. The van der Waals surface area contributed by atoms with E-state index in [1.54, 1.807) is 18.2 Å². The molecule has 2 heterocycles. The molecule has 2 aliphatic heterocycles. The molecule has 0 aliphatic carbocycles. The first-order chi connectivity index (χ1) is 8.15. The second-order valence-electron chi connectivity index (χ2n) is 4.88. The fraction of sp³-hybridized carbons (Fsp3) is 0.462. The number of carbonyl (C=O) groups excluding carboxylic acids is 1. The summed E-state index contributed by atoms with van der Waals surface area (Å²) in [6, 6.07) is 6.04. The molecule has 2 saturated heterocycles. The van der Waals surface area contributed by atoms with Crippen molar-refractivity contribution in [1.29, 1.82) is 0 Å². The number of hydrogen-bond acceptors (Lipinski definition) is 2. The zero-order chi connectivity index (χ0) is 12.0. The standard InChI is InChI=1S/C13H13Cl2NO/c14-10-3-1-7(5-11(10)15)13(17)9-6-8-2-4-12(9)16-8/h1,3,5,8-9,12,16H,2,4,6H2. The van der Waals surface area contributed by atoms with E-state index < -0.39 is 0 Å². The average Bonchev–Trinajstić information content (AvgIpc) is 2.93.